The number of hydrogen-bond donors (Lipinski definition) is 2. The van der Waals surface area contributed by atoms with Crippen molar-refractivity contribution in [1.29, 1.82) is 0 Å². The van der Waals surface area contributed by atoms with Crippen LogP contribution >= 0.6 is 0 Å². The minimum Gasteiger partial charge on any atom is -0.396 e. The van der Waals surface area contributed by atoms with Gasteiger partial charge in [0.25, 0.3) is 0 Å². The lowest BCUT2D eigenvalue weighted by molar-refractivity contribution is -0.384. The SMILES string of the molecule is CCc1nn(C)c(NC(C)C(C)CO)c1[N+](=O)[O-]. The van der Waals surface area contributed by atoms with Crippen molar-refractivity contribution >= 4 is 11.5 Å². The molecule has 0 spiro atoms. The maximum atomic E-state index is 11.1. The largest absolute Gasteiger partial charge is 0.396 e. The summed E-state index contributed by atoms with van der Waals surface area (Å²) in [7, 11) is 1.67. The van der Waals surface area contributed by atoms with Gasteiger partial charge in [0.2, 0.25) is 5.82 Å². The summed E-state index contributed by atoms with van der Waals surface area (Å²) in [4.78, 5) is 10.7. The van der Waals surface area contributed by atoms with Gasteiger partial charge < -0.3 is 10.4 Å². The molecule has 0 aliphatic heterocycles. The van der Waals surface area contributed by atoms with E-state index >= 15 is 0 Å². The Bertz CT molecular complexity index is 430. The molecule has 0 amide bonds. The first kappa shape index (κ1) is 14.4. The number of aryl methyl sites for hydroxylation is 2. The van der Waals surface area contributed by atoms with E-state index in [2.05, 4.69) is 10.4 Å². The van der Waals surface area contributed by atoms with Crippen LogP contribution < -0.4 is 5.32 Å². The van der Waals surface area contributed by atoms with Crippen LogP contribution in [0.15, 0.2) is 0 Å². The molecule has 18 heavy (non-hydrogen) atoms. The van der Waals surface area contributed by atoms with Crippen LogP contribution in [0.5, 0.6) is 0 Å². The topological polar surface area (TPSA) is 93.2 Å². The van der Waals surface area contributed by atoms with Crippen LogP contribution in [0.1, 0.15) is 26.5 Å². The molecule has 0 radical (unpaired) electrons. The van der Waals surface area contributed by atoms with E-state index in [1.165, 1.54) is 4.68 Å². The molecule has 0 aliphatic carbocycles. The molecule has 1 aromatic rings. The van der Waals surface area contributed by atoms with Crippen LogP contribution in [-0.2, 0) is 13.5 Å². The minimum absolute atomic E-state index is 0.00424. The van der Waals surface area contributed by atoms with E-state index in [-0.39, 0.29) is 24.3 Å². The number of aliphatic hydroxyl groups is 1. The zero-order chi connectivity index (χ0) is 13.9. The van der Waals surface area contributed by atoms with Gasteiger partial charge in [0.05, 0.1) is 4.92 Å². The summed E-state index contributed by atoms with van der Waals surface area (Å²) < 4.78 is 1.48. The summed E-state index contributed by atoms with van der Waals surface area (Å²) in [5.41, 5.74) is 0.492. The maximum absolute atomic E-state index is 11.1. The Morgan fingerprint density at radius 1 is 1.56 bits per heavy atom. The lowest BCUT2D eigenvalue weighted by atomic mass is 10.1. The normalized spacial score (nSPS) is 14.3. The summed E-state index contributed by atoms with van der Waals surface area (Å²) in [6, 6.07) is -0.0752. The van der Waals surface area contributed by atoms with E-state index in [1.807, 2.05) is 20.8 Å². The summed E-state index contributed by atoms with van der Waals surface area (Å²) in [6.45, 7) is 5.61. The Morgan fingerprint density at radius 2 is 2.17 bits per heavy atom. The van der Waals surface area contributed by atoms with Crippen molar-refractivity contribution in [2.24, 2.45) is 13.0 Å². The predicted molar refractivity (Wildman–Crippen MR) is 68.6 cm³/mol. The van der Waals surface area contributed by atoms with Gasteiger partial charge in [-0.3, -0.25) is 10.1 Å². The summed E-state index contributed by atoms with van der Waals surface area (Å²) in [5.74, 6) is 0.397. The molecule has 0 saturated carbocycles. The Balaban J connectivity index is 3.08. The van der Waals surface area contributed by atoms with Crippen LogP contribution in [0, 0.1) is 16.0 Å². The van der Waals surface area contributed by atoms with Crippen molar-refractivity contribution in [2.45, 2.75) is 33.2 Å². The first-order chi connectivity index (χ1) is 8.42. The average molecular weight is 256 g/mol. The highest BCUT2D eigenvalue weighted by Crippen LogP contribution is 2.29. The van der Waals surface area contributed by atoms with E-state index in [9.17, 15) is 10.1 Å². The maximum Gasteiger partial charge on any atom is 0.333 e. The van der Waals surface area contributed by atoms with Gasteiger partial charge in [0, 0.05) is 19.7 Å². The molecule has 2 N–H and O–H groups in total. The number of rotatable bonds is 6. The quantitative estimate of drug-likeness (QED) is 0.591. The second-order valence-corrected chi connectivity index (χ2v) is 4.47. The molecular weight excluding hydrogens is 236 g/mol. The first-order valence-electron chi connectivity index (χ1n) is 6.00. The van der Waals surface area contributed by atoms with Gasteiger partial charge in [-0.15, -0.1) is 0 Å². The first-order valence-corrected chi connectivity index (χ1v) is 6.00. The van der Waals surface area contributed by atoms with Crippen molar-refractivity contribution < 1.29 is 10.0 Å². The number of aromatic nitrogens is 2. The van der Waals surface area contributed by atoms with Gasteiger partial charge in [-0.1, -0.05) is 13.8 Å². The Kier molecular flexibility index (Phi) is 4.66. The Labute approximate surface area is 106 Å². The van der Waals surface area contributed by atoms with Gasteiger partial charge in [-0.2, -0.15) is 5.10 Å². The zero-order valence-electron chi connectivity index (χ0n) is 11.2. The molecule has 0 bridgehead atoms. The van der Waals surface area contributed by atoms with E-state index in [0.29, 0.717) is 17.9 Å². The van der Waals surface area contributed by atoms with Crippen LogP contribution in [0.25, 0.3) is 0 Å². The monoisotopic (exact) mass is 256 g/mol. The van der Waals surface area contributed by atoms with Crippen LogP contribution in [0.4, 0.5) is 11.5 Å². The fraction of sp³-hybridized carbons (Fsp3) is 0.727. The van der Waals surface area contributed by atoms with Gasteiger partial charge in [0.1, 0.15) is 5.69 Å². The fourth-order valence-electron chi connectivity index (χ4n) is 1.68. The second-order valence-electron chi connectivity index (χ2n) is 4.47. The Hall–Kier alpha value is -1.63. The third kappa shape index (κ3) is 2.79. The number of hydrogen-bond acceptors (Lipinski definition) is 5. The van der Waals surface area contributed by atoms with Crippen molar-refractivity contribution in [3.05, 3.63) is 15.8 Å². The molecule has 1 heterocycles. The van der Waals surface area contributed by atoms with Crippen molar-refractivity contribution in [2.75, 3.05) is 11.9 Å². The van der Waals surface area contributed by atoms with Gasteiger partial charge in [0.15, 0.2) is 0 Å². The molecule has 0 saturated heterocycles. The van der Waals surface area contributed by atoms with E-state index in [0.717, 1.165) is 0 Å². The second kappa shape index (κ2) is 5.81. The van der Waals surface area contributed by atoms with Crippen molar-refractivity contribution in [3.63, 3.8) is 0 Å². The van der Waals surface area contributed by atoms with E-state index in [1.54, 1.807) is 7.05 Å². The predicted octanol–water partition coefficient (Wildman–Crippen LogP) is 1.32. The van der Waals surface area contributed by atoms with Crippen molar-refractivity contribution in [1.82, 2.24) is 9.78 Å². The van der Waals surface area contributed by atoms with Crippen molar-refractivity contribution in [3.8, 4) is 0 Å². The third-order valence-corrected chi connectivity index (χ3v) is 3.12. The summed E-state index contributed by atoms with van der Waals surface area (Å²) in [6.07, 6.45) is 0.510. The molecule has 1 aromatic heterocycles. The van der Waals surface area contributed by atoms with E-state index < -0.39 is 4.92 Å². The van der Waals surface area contributed by atoms with Gasteiger partial charge >= 0.3 is 5.69 Å². The summed E-state index contributed by atoms with van der Waals surface area (Å²) >= 11 is 0. The minimum atomic E-state index is -0.412. The zero-order valence-corrected chi connectivity index (χ0v) is 11.2. The van der Waals surface area contributed by atoms with Crippen LogP contribution in [0.2, 0.25) is 0 Å². The molecule has 1 rings (SSSR count). The summed E-state index contributed by atoms with van der Waals surface area (Å²) in [5, 5.41) is 27.4. The molecule has 0 aliphatic rings. The number of nitro groups is 1. The number of anilines is 1. The average Bonchev–Trinajstić information content (AvgIpc) is 2.65. The third-order valence-electron chi connectivity index (χ3n) is 3.12. The number of aliphatic hydroxyl groups excluding tert-OH is 1. The lowest BCUT2D eigenvalue weighted by Crippen LogP contribution is -2.27. The molecule has 0 fully saturated rings. The Morgan fingerprint density at radius 3 is 2.61 bits per heavy atom. The highest BCUT2D eigenvalue weighted by Gasteiger charge is 2.27. The molecular formula is C11H20N4O3. The molecule has 2 unspecified atom stereocenters. The fourth-order valence-corrected chi connectivity index (χ4v) is 1.68. The standard InChI is InChI=1S/C11H20N4O3/c1-5-9-10(15(17)18)11(14(4)13-9)12-8(3)7(2)6-16/h7-8,12,16H,5-6H2,1-4H3. The van der Waals surface area contributed by atoms with Gasteiger partial charge in [-0.25, -0.2) is 4.68 Å². The number of nitrogens with zero attached hydrogens (tertiary/aromatic N) is 3. The van der Waals surface area contributed by atoms with Crippen LogP contribution in [-0.4, -0.2) is 32.5 Å². The highest BCUT2D eigenvalue weighted by molar-refractivity contribution is 5.60. The smallest absolute Gasteiger partial charge is 0.333 e. The van der Waals surface area contributed by atoms with Crippen LogP contribution in [0.3, 0.4) is 0 Å². The number of nitrogens with one attached hydrogen (secondary N) is 1. The molecule has 7 nitrogen and oxygen atoms in total. The molecule has 102 valence electrons. The van der Waals surface area contributed by atoms with Gasteiger partial charge in [-0.05, 0) is 19.3 Å². The molecule has 7 heteroatoms. The molecule has 2 atom stereocenters. The van der Waals surface area contributed by atoms with E-state index in [4.69, 9.17) is 5.11 Å². The highest BCUT2D eigenvalue weighted by atomic mass is 16.6. The molecule has 0 aromatic carbocycles. The lowest BCUT2D eigenvalue weighted by Gasteiger charge is -2.19.